The van der Waals surface area contributed by atoms with Crippen LogP contribution in [0.4, 0.5) is 0 Å². The van der Waals surface area contributed by atoms with Crippen molar-refractivity contribution in [1.82, 2.24) is 4.65 Å². The average molecular weight is 202 g/mol. The summed E-state index contributed by atoms with van der Waals surface area (Å²) in [6.45, 7) is 15.5. The van der Waals surface area contributed by atoms with E-state index in [0.717, 1.165) is 0 Å². The Hall–Kier alpha value is -0.116. The van der Waals surface area contributed by atoms with Gasteiger partial charge in [-0.3, -0.25) is 0 Å². The number of nitrogens with zero attached hydrogens (tertiary/aromatic N) is 1. The summed E-state index contributed by atoms with van der Waals surface area (Å²) in [6.07, 6.45) is 0. The predicted octanol–water partition coefficient (Wildman–Crippen LogP) is 2.78. The molecule has 0 saturated heterocycles. The number of rotatable bonds is 2. The highest BCUT2D eigenvalue weighted by Crippen LogP contribution is 2.02. The van der Waals surface area contributed by atoms with Crippen molar-refractivity contribution in [3.8, 4) is 6.07 Å². The van der Waals surface area contributed by atoms with Gasteiger partial charge in [-0.05, 0) is 0 Å². The van der Waals surface area contributed by atoms with Crippen molar-refractivity contribution >= 4 is 16.5 Å². The summed E-state index contributed by atoms with van der Waals surface area (Å²) in [7, 11) is -1.96. The van der Waals surface area contributed by atoms with Crippen molar-refractivity contribution < 1.29 is 0 Å². The topological polar surface area (TPSA) is 35.8 Å². The molecule has 4 heteroatoms. The minimum atomic E-state index is -0.981. The minimum absolute atomic E-state index is 0.981. The lowest BCUT2D eigenvalue weighted by atomic mass is 11.0. The van der Waals surface area contributed by atoms with E-state index in [-0.39, 0.29) is 0 Å². The molecule has 0 aliphatic rings. The summed E-state index contributed by atoms with van der Waals surface area (Å²) in [5.41, 5.74) is 0. The molecule has 0 spiro atoms. The van der Waals surface area contributed by atoms with Gasteiger partial charge in [0, 0.05) is 6.92 Å². The first-order valence-corrected chi connectivity index (χ1v) is 11.2. The van der Waals surface area contributed by atoms with Crippen LogP contribution in [0.5, 0.6) is 0 Å². The molecule has 0 atom stereocenters. The van der Waals surface area contributed by atoms with Gasteiger partial charge in [0.05, 0.1) is 6.07 Å². The Bertz CT molecular complexity index is 136. The molecule has 0 heterocycles. The zero-order valence-corrected chi connectivity index (χ0v) is 11.4. The zero-order chi connectivity index (χ0) is 10.4. The summed E-state index contributed by atoms with van der Waals surface area (Å²) < 4.78 is 3.74. The third kappa shape index (κ3) is 22.5. The molecular weight excluding hydrogens is 180 g/mol. The SMILES string of the molecule is CC#N.C[Si](C)(C)N[Si](C)(C)C. The molecule has 12 heavy (non-hydrogen) atoms. The largest absolute Gasteiger partial charge is 0.360 e. The molecule has 0 aromatic carbocycles. The molecule has 0 aromatic rings. The van der Waals surface area contributed by atoms with Gasteiger partial charge in [0.25, 0.3) is 0 Å². The molecule has 0 aliphatic carbocycles. The van der Waals surface area contributed by atoms with Gasteiger partial charge in [-0.25, -0.2) is 0 Å². The van der Waals surface area contributed by atoms with Crippen LogP contribution < -0.4 is 4.65 Å². The summed E-state index contributed by atoms with van der Waals surface area (Å²) >= 11 is 0. The second-order valence-corrected chi connectivity index (χ2v) is 14.8. The second kappa shape index (κ2) is 5.52. The third-order valence-electron chi connectivity index (χ3n) is 0.750. The Morgan fingerprint density at radius 2 is 1.08 bits per heavy atom. The van der Waals surface area contributed by atoms with E-state index in [4.69, 9.17) is 5.26 Å². The first-order valence-electron chi connectivity index (χ1n) is 4.22. The number of nitrogens with one attached hydrogen (secondary N) is 1. The fourth-order valence-corrected chi connectivity index (χ4v) is 10.1. The van der Waals surface area contributed by atoms with Crippen LogP contribution in [0.15, 0.2) is 0 Å². The van der Waals surface area contributed by atoms with Gasteiger partial charge in [0.15, 0.2) is 0 Å². The molecule has 0 saturated carbocycles. The molecule has 0 bridgehead atoms. The van der Waals surface area contributed by atoms with Gasteiger partial charge in [-0.15, -0.1) is 0 Å². The van der Waals surface area contributed by atoms with E-state index in [1.807, 2.05) is 0 Å². The van der Waals surface area contributed by atoms with Gasteiger partial charge < -0.3 is 4.65 Å². The molecule has 0 unspecified atom stereocenters. The monoisotopic (exact) mass is 202 g/mol. The van der Waals surface area contributed by atoms with Gasteiger partial charge >= 0.3 is 0 Å². The van der Waals surface area contributed by atoms with Gasteiger partial charge in [0.1, 0.15) is 16.5 Å². The van der Waals surface area contributed by atoms with E-state index in [2.05, 4.69) is 43.9 Å². The fraction of sp³-hybridized carbons (Fsp3) is 0.875. The van der Waals surface area contributed by atoms with Crippen LogP contribution in [0, 0.1) is 11.3 Å². The van der Waals surface area contributed by atoms with E-state index in [9.17, 15) is 0 Å². The molecule has 0 amide bonds. The molecule has 0 rings (SSSR count). The Morgan fingerprint density at radius 1 is 0.917 bits per heavy atom. The van der Waals surface area contributed by atoms with Crippen molar-refractivity contribution in [3.63, 3.8) is 0 Å². The highest BCUT2D eigenvalue weighted by Gasteiger charge is 2.22. The standard InChI is InChI=1S/C6H19NSi2.C2H3N/c1-8(2,3)7-9(4,5)6;1-2-3/h7H,1-6H3;1H3. The molecule has 2 nitrogen and oxygen atoms in total. The van der Waals surface area contributed by atoms with Crippen LogP contribution in [0.1, 0.15) is 6.92 Å². The van der Waals surface area contributed by atoms with E-state index < -0.39 is 16.5 Å². The maximum atomic E-state index is 7.32. The van der Waals surface area contributed by atoms with Crippen molar-refractivity contribution in [2.45, 2.75) is 46.2 Å². The third-order valence-corrected chi connectivity index (χ3v) is 6.75. The van der Waals surface area contributed by atoms with Gasteiger partial charge in [0.2, 0.25) is 0 Å². The smallest absolute Gasteiger partial charge is 0.109 e. The zero-order valence-electron chi connectivity index (χ0n) is 9.45. The summed E-state index contributed by atoms with van der Waals surface area (Å²) in [5, 5.41) is 7.32. The first-order chi connectivity index (χ1) is 5.12. The van der Waals surface area contributed by atoms with Gasteiger partial charge in [-0.2, -0.15) is 5.26 Å². The number of nitriles is 1. The van der Waals surface area contributed by atoms with Crippen molar-refractivity contribution in [2.24, 2.45) is 0 Å². The molecule has 0 aliphatic heterocycles. The Kier molecular flexibility index (Phi) is 6.62. The summed E-state index contributed by atoms with van der Waals surface area (Å²) in [4.78, 5) is 0. The van der Waals surface area contributed by atoms with Crippen LogP contribution in [-0.2, 0) is 0 Å². The Labute approximate surface area is 79.2 Å². The summed E-state index contributed by atoms with van der Waals surface area (Å²) in [5.74, 6) is 0. The Balaban J connectivity index is 0. The molecule has 1 N–H and O–H groups in total. The molecule has 72 valence electrons. The molecule has 0 fully saturated rings. The maximum absolute atomic E-state index is 7.32. The maximum Gasteiger partial charge on any atom is 0.109 e. The molecule has 0 aromatic heterocycles. The highest BCUT2D eigenvalue weighted by molar-refractivity contribution is 6.90. The van der Waals surface area contributed by atoms with Gasteiger partial charge in [-0.1, -0.05) is 39.3 Å². The van der Waals surface area contributed by atoms with Crippen LogP contribution >= 0.6 is 0 Å². The lowest BCUT2D eigenvalue weighted by molar-refractivity contribution is 1.30. The van der Waals surface area contributed by atoms with Crippen LogP contribution in [0.3, 0.4) is 0 Å². The second-order valence-electron chi connectivity index (χ2n) is 4.85. The van der Waals surface area contributed by atoms with Crippen LogP contribution in [0.25, 0.3) is 0 Å². The van der Waals surface area contributed by atoms with Crippen molar-refractivity contribution in [1.29, 1.82) is 5.26 Å². The van der Waals surface area contributed by atoms with Crippen LogP contribution in [-0.4, -0.2) is 16.5 Å². The van der Waals surface area contributed by atoms with E-state index in [0.29, 0.717) is 0 Å². The summed E-state index contributed by atoms with van der Waals surface area (Å²) in [6, 6.07) is 1.75. The predicted molar refractivity (Wildman–Crippen MR) is 61.1 cm³/mol. The lowest BCUT2D eigenvalue weighted by Gasteiger charge is -2.28. The Morgan fingerprint density at radius 3 is 1.08 bits per heavy atom. The lowest BCUT2D eigenvalue weighted by Crippen LogP contribution is -2.55. The minimum Gasteiger partial charge on any atom is -0.360 e. The van der Waals surface area contributed by atoms with E-state index >= 15 is 0 Å². The van der Waals surface area contributed by atoms with E-state index in [1.165, 1.54) is 6.92 Å². The quantitative estimate of drug-likeness (QED) is 0.699. The number of hydrogen-bond donors (Lipinski definition) is 1. The fourth-order valence-electron chi connectivity index (χ4n) is 1.12. The molecular formula is C8H22N2Si2. The van der Waals surface area contributed by atoms with Crippen molar-refractivity contribution in [3.05, 3.63) is 0 Å². The van der Waals surface area contributed by atoms with Crippen molar-refractivity contribution in [2.75, 3.05) is 0 Å². The first kappa shape index (κ1) is 14.4. The normalized spacial score (nSPS) is 11.2. The van der Waals surface area contributed by atoms with E-state index in [1.54, 1.807) is 6.07 Å². The molecule has 0 radical (unpaired) electrons. The van der Waals surface area contributed by atoms with Crippen LogP contribution in [0.2, 0.25) is 39.3 Å². The average Bonchev–Trinajstić information content (AvgIpc) is 1.53. The number of hydrogen-bond acceptors (Lipinski definition) is 2. The highest BCUT2D eigenvalue weighted by atomic mass is 28.4.